The van der Waals surface area contributed by atoms with Crippen molar-refractivity contribution in [2.75, 3.05) is 0 Å². The van der Waals surface area contributed by atoms with Crippen LogP contribution in [0, 0.1) is 11.3 Å². The topological polar surface area (TPSA) is 44.1 Å². The number of rotatable bonds is 1. The molecule has 64 valence electrons. The summed E-state index contributed by atoms with van der Waals surface area (Å²) in [4.78, 5) is 12.2. The smallest absolute Gasteiger partial charge is 0.210 e. The van der Waals surface area contributed by atoms with Crippen LogP contribution in [0.1, 0.15) is 16.7 Å². The lowest BCUT2D eigenvalue weighted by Crippen LogP contribution is -2.12. The van der Waals surface area contributed by atoms with Crippen LogP contribution in [-0.2, 0) is 17.9 Å². The molecule has 1 aromatic carbocycles. The molecule has 0 aromatic heterocycles. The Morgan fingerprint density at radius 3 is 2.85 bits per heavy atom. The normalized spacial score (nSPS) is 13.6. The molecule has 0 unspecified atom stereocenters. The Kier molecular flexibility index (Phi) is 1.75. The highest BCUT2D eigenvalue weighted by molar-refractivity contribution is 5.52. The van der Waals surface area contributed by atoms with Crippen molar-refractivity contribution in [3.63, 3.8) is 0 Å². The third kappa shape index (κ3) is 1.27. The minimum Gasteiger partial charge on any atom is -0.337 e. The Balaban J connectivity index is 2.37. The van der Waals surface area contributed by atoms with Gasteiger partial charge < -0.3 is 4.90 Å². The molecule has 0 N–H and O–H groups in total. The van der Waals surface area contributed by atoms with Crippen LogP contribution in [0.25, 0.3) is 0 Å². The summed E-state index contributed by atoms with van der Waals surface area (Å²) in [6.07, 6.45) is 0.839. The van der Waals surface area contributed by atoms with Gasteiger partial charge in [0, 0.05) is 13.1 Å². The summed E-state index contributed by atoms with van der Waals surface area (Å²) in [5, 5.41) is 8.66. The molecule has 1 aromatic rings. The van der Waals surface area contributed by atoms with Gasteiger partial charge in [-0.05, 0) is 23.3 Å². The standard InChI is InChI=1S/C10H8N2O/c11-4-8-1-2-9-5-12(7-13)6-10(9)3-8/h1-3,7H,5-6H2. The number of hydrogen-bond donors (Lipinski definition) is 0. The molecule has 1 aliphatic heterocycles. The van der Waals surface area contributed by atoms with Crippen molar-refractivity contribution in [3.8, 4) is 6.07 Å². The molecule has 0 radical (unpaired) electrons. The second-order valence-corrected chi connectivity index (χ2v) is 3.11. The molecule has 0 saturated heterocycles. The molecule has 3 nitrogen and oxygen atoms in total. The summed E-state index contributed by atoms with van der Waals surface area (Å²) in [7, 11) is 0. The van der Waals surface area contributed by atoms with Crippen molar-refractivity contribution in [2.24, 2.45) is 0 Å². The molecular weight excluding hydrogens is 164 g/mol. The SMILES string of the molecule is N#Cc1ccc2c(c1)CN(C=O)C2. The Morgan fingerprint density at radius 2 is 2.15 bits per heavy atom. The average molecular weight is 172 g/mol. The van der Waals surface area contributed by atoms with Crippen molar-refractivity contribution in [1.29, 1.82) is 5.26 Å². The number of carbonyl (C=O) groups excluding carboxylic acids is 1. The molecule has 0 saturated carbocycles. The molecule has 1 heterocycles. The van der Waals surface area contributed by atoms with E-state index < -0.39 is 0 Å². The Bertz CT molecular complexity index is 392. The minimum absolute atomic E-state index is 0.633. The largest absolute Gasteiger partial charge is 0.337 e. The van der Waals surface area contributed by atoms with Crippen molar-refractivity contribution < 1.29 is 4.79 Å². The van der Waals surface area contributed by atoms with Gasteiger partial charge in [-0.2, -0.15) is 5.26 Å². The van der Waals surface area contributed by atoms with Gasteiger partial charge in [0.1, 0.15) is 0 Å². The van der Waals surface area contributed by atoms with Gasteiger partial charge in [0.05, 0.1) is 11.6 Å². The van der Waals surface area contributed by atoms with E-state index >= 15 is 0 Å². The Morgan fingerprint density at radius 1 is 1.38 bits per heavy atom. The van der Waals surface area contributed by atoms with E-state index in [1.165, 1.54) is 0 Å². The lowest BCUT2D eigenvalue weighted by Gasteiger charge is -2.04. The highest BCUT2D eigenvalue weighted by atomic mass is 16.1. The Hall–Kier alpha value is -1.82. The fourth-order valence-electron chi connectivity index (χ4n) is 1.56. The van der Waals surface area contributed by atoms with Crippen molar-refractivity contribution in [2.45, 2.75) is 13.1 Å². The summed E-state index contributed by atoms with van der Waals surface area (Å²) in [6.45, 7) is 1.30. The predicted octanol–water partition coefficient (Wildman–Crippen LogP) is 1.03. The molecule has 1 amide bonds. The number of benzene rings is 1. The van der Waals surface area contributed by atoms with E-state index in [0.717, 1.165) is 17.5 Å². The van der Waals surface area contributed by atoms with Gasteiger partial charge in [0.2, 0.25) is 6.41 Å². The number of nitriles is 1. The minimum atomic E-state index is 0.633. The van der Waals surface area contributed by atoms with Crippen molar-refractivity contribution in [1.82, 2.24) is 4.90 Å². The first-order valence-corrected chi connectivity index (χ1v) is 4.05. The quantitative estimate of drug-likeness (QED) is 0.594. The van der Waals surface area contributed by atoms with Gasteiger partial charge in [0.15, 0.2) is 0 Å². The van der Waals surface area contributed by atoms with Crippen molar-refractivity contribution in [3.05, 3.63) is 34.9 Å². The first-order chi connectivity index (χ1) is 6.33. The van der Waals surface area contributed by atoms with E-state index in [2.05, 4.69) is 6.07 Å². The van der Waals surface area contributed by atoms with Gasteiger partial charge in [-0.15, -0.1) is 0 Å². The molecule has 0 atom stereocenters. The van der Waals surface area contributed by atoms with Gasteiger partial charge in [-0.3, -0.25) is 4.79 Å². The maximum Gasteiger partial charge on any atom is 0.210 e. The zero-order valence-corrected chi connectivity index (χ0v) is 7.03. The third-order valence-corrected chi connectivity index (χ3v) is 2.23. The van der Waals surface area contributed by atoms with Crippen LogP contribution >= 0.6 is 0 Å². The lowest BCUT2D eigenvalue weighted by molar-refractivity contribution is -0.118. The average Bonchev–Trinajstić information content (AvgIpc) is 2.58. The fraction of sp³-hybridized carbons (Fsp3) is 0.200. The molecule has 13 heavy (non-hydrogen) atoms. The number of amides is 1. The summed E-state index contributed by atoms with van der Waals surface area (Å²) in [6, 6.07) is 7.63. The lowest BCUT2D eigenvalue weighted by atomic mass is 10.1. The fourth-order valence-corrected chi connectivity index (χ4v) is 1.56. The molecule has 2 rings (SSSR count). The van der Waals surface area contributed by atoms with E-state index in [9.17, 15) is 4.79 Å². The summed E-state index contributed by atoms with van der Waals surface area (Å²) >= 11 is 0. The second kappa shape index (κ2) is 2.91. The molecule has 0 aliphatic carbocycles. The van der Waals surface area contributed by atoms with Crippen molar-refractivity contribution >= 4 is 6.41 Å². The molecular formula is C10H8N2O. The van der Waals surface area contributed by atoms with Crippen LogP contribution in [0.15, 0.2) is 18.2 Å². The summed E-state index contributed by atoms with van der Waals surface area (Å²) in [5.41, 5.74) is 2.89. The van der Waals surface area contributed by atoms with Gasteiger partial charge in [-0.1, -0.05) is 6.07 Å². The number of carbonyl (C=O) groups is 1. The number of nitrogens with zero attached hydrogens (tertiary/aromatic N) is 2. The maximum absolute atomic E-state index is 10.5. The molecule has 3 heteroatoms. The van der Waals surface area contributed by atoms with E-state index in [1.54, 1.807) is 11.0 Å². The van der Waals surface area contributed by atoms with E-state index in [1.807, 2.05) is 12.1 Å². The van der Waals surface area contributed by atoms with E-state index in [0.29, 0.717) is 18.7 Å². The number of hydrogen-bond acceptors (Lipinski definition) is 2. The highest BCUT2D eigenvalue weighted by Gasteiger charge is 2.16. The predicted molar refractivity (Wildman–Crippen MR) is 46.5 cm³/mol. The monoisotopic (exact) mass is 172 g/mol. The highest BCUT2D eigenvalue weighted by Crippen LogP contribution is 2.21. The first kappa shape index (κ1) is 7.81. The summed E-state index contributed by atoms with van der Waals surface area (Å²) in [5.74, 6) is 0. The van der Waals surface area contributed by atoms with Crippen LogP contribution in [0.3, 0.4) is 0 Å². The van der Waals surface area contributed by atoms with Crippen LogP contribution in [0.4, 0.5) is 0 Å². The zero-order chi connectivity index (χ0) is 9.26. The third-order valence-electron chi connectivity index (χ3n) is 2.23. The van der Waals surface area contributed by atoms with Crippen LogP contribution in [0.2, 0.25) is 0 Å². The first-order valence-electron chi connectivity index (χ1n) is 4.05. The molecule has 1 aliphatic rings. The van der Waals surface area contributed by atoms with E-state index in [4.69, 9.17) is 5.26 Å². The van der Waals surface area contributed by atoms with Crippen LogP contribution in [0.5, 0.6) is 0 Å². The van der Waals surface area contributed by atoms with Crippen LogP contribution < -0.4 is 0 Å². The van der Waals surface area contributed by atoms with Gasteiger partial charge >= 0.3 is 0 Å². The molecule has 0 bridgehead atoms. The van der Waals surface area contributed by atoms with Gasteiger partial charge in [-0.25, -0.2) is 0 Å². The molecule has 0 fully saturated rings. The second-order valence-electron chi connectivity index (χ2n) is 3.11. The molecule has 0 spiro atoms. The summed E-state index contributed by atoms with van der Waals surface area (Å²) < 4.78 is 0. The van der Waals surface area contributed by atoms with Crippen LogP contribution in [-0.4, -0.2) is 11.3 Å². The maximum atomic E-state index is 10.5. The number of fused-ring (bicyclic) bond motifs is 1. The van der Waals surface area contributed by atoms with Gasteiger partial charge in [0.25, 0.3) is 0 Å². The Labute approximate surface area is 76.2 Å². The van der Waals surface area contributed by atoms with E-state index in [-0.39, 0.29) is 0 Å². The zero-order valence-electron chi connectivity index (χ0n) is 7.03.